The molecule has 0 bridgehead atoms. The van der Waals surface area contributed by atoms with Crippen molar-refractivity contribution >= 4 is 11.6 Å². The number of benzene rings is 3. The Kier molecular flexibility index (Phi) is 7.20. The van der Waals surface area contributed by atoms with Crippen LogP contribution in [0.15, 0.2) is 60.7 Å². The van der Waals surface area contributed by atoms with Crippen molar-refractivity contribution in [3.63, 3.8) is 0 Å². The third kappa shape index (κ3) is 5.54. The van der Waals surface area contributed by atoms with E-state index in [1.165, 1.54) is 12.1 Å². The molecule has 3 aromatic rings. The van der Waals surface area contributed by atoms with Crippen LogP contribution >= 0.6 is 11.6 Å². The van der Waals surface area contributed by atoms with E-state index in [2.05, 4.69) is 5.32 Å². The summed E-state index contributed by atoms with van der Waals surface area (Å²) in [5.74, 6) is 2.02. The van der Waals surface area contributed by atoms with Gasteiger partial charge in [-0.15, -0.1) is 0 Å². The minimum absolute atomic E-state index is 0. The second-order valence-electron chi connectivity index (χ2n) is 6.46. The Morgan fingerprint density at radius 2 is 1.66 bits per heavy atom. The average Bonchev–Trinajstić information content (AvgIpc) is 3.16. The quantitative estimate of drug-likeness (QED) is 0.617. The van der Waals surface area contributed by atoms with Gasteiger partial charge in [0, 0.05) is 23.7 Å². The predicted octanol–water partition coefficient (Wildman–Crippen LogP) is 2.08. The number of halogens is 3. The molecule has 1 aliphatic rings. The number of rotatable bonds is 7. The summed E-state index contributed by atoms with van der Waals surface area (Å²) in [5, 5.41) is 4.05. The largest absolute Gasteiger partial charge is 1.00 e. The van der Waals surface area contributed by atoms with Gasteiger partial charge in [-0.3, -0.25) is 0 Å². The maximum absolute atomic E-state index is 13.0. The van der Waals surface area contributed by atoms with Crippen molar-refractivity contribution in [3.8, 4) is 17.2 Å². The van der Waals surface area contributed by atoms with Crippen molar-refractivity contribution in [3.05, 3.63) is 88.2 Å². The lowest BCUT2D eigenvalue weighted by molar-refractivity contribution is -0.00000802. The molecule has 1 N–H and O–H groups in total. The maximum Gasteiger partial charge on any atom is 0.231 e. The Bertz CT molecular complexity index is 967. The van der Waals surface area contributed by atoms with Crippen molar-refractivity contribution in [1.82, 2.24) is 5.32 Å². The van der Waals surface area contributed by atoms with Crippen molar-refractivity contribution < 1.29 is 31.0 Å². The van der Waals surface area contributed by atoms with Crippen LogP contribution in [0.25, 0.3) is 0 Å². The summed E-state index contributed by atoms with van der Waals surface area (Å²) in [5.41, 5.74) is 2.95. The van der Waals surface area contributed by atoms with Gasteiger partial charge in [0.1, 0.15) is 18.2 Å². The monoisotopic (exact) mass is 434 g/mol. The van der Waals surface area contributed by atoms with Gasteiger partial charge in [0.15, 0.2) is 11.5 Å². The van der Waals surface area contributed by atoms with E-state index in [9.17, 15) is 4.39 Å². The summed E-state index contributed by atoms with van der Waals surface area (Å²) in [6.07, 6.45) is 0. The summed E-state index contributed by atoms with van der Waals surface area (Å²) in [6.45, 7) is 1.88. The third-order valence-electron chi connectivity index (χ3n) is 4.41. The molecule has 3 aromatic carbocycles. The number of nitrogens with one attached hydrogen (secondary N) is 1. The number of ether oxygens (including phenoxy) is 3. The van der Waals surface area contributed by atoms with E-state index in [1.54, 1.807) is 18.2 Å². The minimum Gasteiger partial charge on any atom is -1.00 e. The molecule has 152 valence electrons. The van der Waals surface area contributed by atoms with Gasteiger partial charge in [-0.25, -0.2) is 4.39 Å². The fourth-order valence-electron chi connectivity index (χ4n) is 2.96. The fraction of sp³-hybridized carbons (Fsp3) is 0.182. The smallest absolute Gasteiger partial charge is 0.231 e. The van der Waals surface area contributed by atoms with E-state index >= 15 is 0 Å². The molecule has 4 rings (SSSR count). The second-order valence-corrected chi connectivity index (χ2v) is 6.89. The van der Waals surface area contributed by atoms with Crippen LogP contribution < -0.4 is 31.9 Å². The Balaban J connectivity index is 0.00000240. The molecule has 0 saturated carbocycles. The molecule has 4 nitrogen and oxygen atoms in total. The molecule has 0 spiro atoms. The lowest BCUT2D eigenvalue weighted by atomic mass is 10.1. The van der Waals surface area contributed by atoms with Gasteiger partial charge in [-0.1, -0.05) is 29.8 Å². The van der Waals surface area contributed by atoms with Crippen LogP contribution in [0.5, 0.6) is 17.2 Å². The van der Waals surface area contributed by atoms with Gasteiger partial charge >= 0.3 is 0 Å². The first kappa shape index (κ1) is 21.2. The van der Waals surface area contributed by atoms with E-state index in [1.807, 2.05) is 30.3 Å². The van der Waals surface area contributed by atoms with Crippen molar-refractivity contribution in [2.45, 2.75) is 19.7 Å². The van der Waals surface area contributed by atoms with E-state index in [0.29, 0.717) is 24.7 Å². The lowest BCUT2D eigenvalue weighted by Crippen LogP contribution is -3.00. The zero-order valence-electron chi connectivity index (χ0n) is 15.5. The molecule has 0 radical (unpaired) electrons. The first-order valence-electron chi connectivity index (χ1n) is 8.92. The molecule has 0 aromatic heterocycles. The molecule has 29 heavy (non-hydrogen) atoms. The molecule has 0 saturated heterocycles. The molecule has 0 aliphatic carbocycles. The number of hydrogen-bond acceptors (Lipinski definition) is 4. The summed E-state index contributed by atoms with van der Waals surface area (Å²) >= 11 is 6.16. The highest BCUT2D eigenvalue weighted by Gasteiger charge is 2.13. The molecule has 7 heteroatoms. The minimum atomic E-state index is -0.261. The van der Waals surface area contributed by atoms with Gasteiger partial charge in [0.05, 0.1) is 0 Å². The van der Waals surface area contributed by atoms with Gasteiger partial charge in [0.2, 0.25) is 6.79 Å². The van der Waals surface area contributed by atoms with Gasteiger partial charge in [0.25, 0.3) is 0 Å². The van der Waals surface area contributed by atoms with Gasteiger partial charge in [-0.2, -0.15) is 0 Å². The summed E-state index contributed by atoms with van der Waals surface area (Å²) in [6, 6.07) is 17.7. The molecule has 0 amide bonds. The fourth-order valence-corrected chi connectivity index (χ4v) is 3.16. The van der Waals surface area contributed by atoms with E-state index in [0.717, 1.165) is 33.9 Å². The maximum atomic E-state index is 13.0. The summed E-state index contributed by atoms with van der Waals surface area (Å²) in [4.78, 5) is 0. The molecule has 1 aliphatic heterocycles. The van der Waals surface area contributed by atoms with E-state index in [4.69, 9.17) is 25.8 Å². The zero-order valence-corrected chi connectivity index (χ0v) is 17.0. The molecule has 0 atom stereocenters. The molecular formula is C22H19Cl2FNO3-. The highest BCUT2D eigenvalue weighted by Crippen LogP contribution is 2.32. The Morgan fingerprint density at radius 3 is 2.48 bits per heavy atom. The Hall–Kier alpha value is -2.47. The average molecular weight is 435 g/mol. The molecule has 0 unspecified atom stereocenters. The zero-order chi connectivity index (χ0) is 19.3. The predicted molar refractivity (Wildman–Crippen MR) is 105 cm³/mol. The normalized spacial score (nSPS) is 11.8. The van der Waals surface area contributed by atoms with Crippen LogP contribution in [0.1, 0.15) is 16.7 Å². The molecular weight excluding hydrogens is 416 g/mol. The van der Waals surface area contributed by atoms with Crippen LogP contribution in [0.4, 0.5) is 4.39 Å². The number of fused-ring (bicyclic) bond motifs is 1. The SMILES string of the molecule is Fc1ccc(COc2ccc(Cl)cc2CNCc2ccc3c(c2)OCO3)cc1.[Cl-]. The van der Waals surface area contributed by atoms with E-state index < -0.39 is 0 Å². The van der Waals surface area contributed by atoms with Crippen LogP contribution in [-0.4, -0.2) is 6.79 Å². The van der Waals surface area contributed by atoms with Crippen LogP contribution in [0.2, 0.25) is 5.02 Å². The molecule has 1 heterocycles. The summed E-state index contributed by atoms with van der Waals surface area (Å²) in [7, 11) is 0. The van der Waals surface area contributed by atoms with Gasteiger partial charge in [-0.05, 0) is 53.6 Å². The van der Waals surface area contributed by atoms with E-state index in [-0.39, 0.29) is 25.0 Å². The van der Waals surface area contributed by atoms with Crippen LogP contribution in [0, 0.1) is 5.82 Å². The Morgan fingerprint density at radius 1 is 0.897 bits per heavy atom. The van der Waals surface area contributed by atoms with Crippen molar-refractivity contribution in [2.75, 3.05) is 6.79 Å². The highest BCUT2D eigenvalue weighted by atomic mass is 35.5. The second kappa shape index (κ2) is 9.83. The standard InChI is InChI=1S/C22H19ClFNO3.ClH/c23-18-4-8-20(26-13-15-1-5-19(24)6-2-15)17(10-18)12-25-11-16-3-7-21-22(9-16)28-14-27-21;/h1-10,25H,11-14H2;1H/p-1. The summed E-state index contributed by atoms with van der Waals surface area (Å²) < 4.78 is 29.7. The first-order valence-corrected chi connectivity index (χ1v) is 9.30. The number of hydrogen-bond donors (Lipinski definition) is 1. The molecule has 0 fully saturated rings. The lowest BCUT2D eigenvalue weighted by Gasteiger charge is -2.13. The van der Waals surface area contributed by atoms with Crippen LogP contribution in [-0.2, 0) is 19.7 Å². The third-order valence-corrected chi connectivity index (χ3v) is 4.65. The first-order chi connectivity index (χ1) is 13.7. The van der Waals surface area contributed by atoms with Crippen molar-refractivity contribution in [2.24, 2.45) is 0 Å². The highest BCUT2D eigenvalue weighted by molar-refractivity contribution is 6.30. The van der Waals surface area contributed by atoms with Crippen molar-refractivity contribution in [1.29, 1.82) is 0 Å². The Labute approximate surface area is 180 Å². The van der Waals surface area contributed by atoms with Crippen LogP contribution in [0.3, 0.4) is 0 Å². The van der Waals surface area contributed by atoms with Gasteiger partial charge < -0.3 is 31.9 Å². The topological polar surface area (TPSA) is 39.7 Å².